The van der Waals surface area contributed by atoms with Crippen LogP contribution in [0.2, 0.25) is 0 Å². The molecule has 1 heterocycles. The summed E-state index contributed by atoms with van der Waals surface area (Å²) in [5.74, 6) is -1.57. The third kappa shape index (κ3) is 6.26. The first-order chi connectivity index (χ1) is 15.0. The molecule has 0 aliphatic rings. The van der Waals surface area contributed by atoms with Crippen LogP contribution in [0.4, 0.5) is 5.00 Å². The Morgan fingerprint density at radius 1 is 1.00 bits per heavy atom. The van der Waals surface area contributed by atoms with E-state index in [0.717, 1.165) is 15.6 Å². The van der Waals surface area contributed by atoms with Gasteiger partial charge in [0.15, 0.2) is 6.61 Å². The van der Waals surface area contributed by atoms with Gasteiger partial charge in [-0.2, -0.15) is 0 Å². The minimum atomic E-state index is -0.531. The summed E-state index contributed by atoms with van der Waals surface area (Å²) < 4.78 is 11.2. The third-order valence-electron chi connectivity index (χ3n) is 4.23. The molecule has 0 aliphatic carbocycles. The van der Waals surface area contributed by atoms with Gasteiger partial charge in [0.1, 0.15) is 10.6 Å². The predicted molar refractivity (Wildman–Crippen MR) is 123 cm³/mol. The standard InChI is InChI=1S/C23H20BrNO5S/c1-2-29-23(28)21-18(16-6-4-3-5-7-16)14-31-22(21)25-19(26)13-30-20(27)12-15-8-10-17(24)11-9-15/h3-11,14H,2,12-13H2,1H3,(H,25,26). The van der Waals surface area contributed by atoms with Gasteiger partial charge in [-0.1, -0.05) is 58.4 Å². The van der Waals surface area contributed by atoms with Crippen molar-refractivity contribution in [3.05, 3.63) is 75.6 Å². The van der Waals surface area contributed by atoms with Crippen molar-refractivity contribution in [2.45, 2.75) is 13.3 Å². The minimum Gasteiger partial charge on any atom is -0.462 e. The van der Waals surface area contributed by atoms with E-state index in [2.05, 4.69) is 21.2 Å². The molecule has 1 aromatic heterocycles. The van der Waals surface area contributed by atoms with E-state index in [1.807, 2.05) is 42.5 Å². The van der Waals surface area contributed by atoms with E-state index < -0.39 is 24.5 Å². The Balaban J connectivity index is 1.66. The van der Waals surface area contributed by atoms with Crippen LogP contribution in [0.25, 0.3) is 11.1 Å². The van der Waals surface area contributed by atoms with Gasteiger partial charge >= 0.3 is 11.9 Å². The maximum Gasteiger partial charge on any atom is 0.341 e. The number of carbonyl (C=O) groups excluding carboxylic acids is 3. The van der Waals surface area contributed by atoms with Crippen molar-refractivity contribution >= 4 is 50.1 Å². The number of rotatable bonds is 8. The van der Waals surface area contributed by atoms with Gasteiger partial charge in [0.2, 0.25) is 0 Å². The summed E-state index contributed by atoms with van der Waals surface area (Å²) in [6.45, 7) is 1.48. The molecule has 0 radical (unpaired) electrons. The molecule has 0 bridgehead atoms. The largest absolute Gasteiger partial charge is 0.462 e. The fourth-order valence-electron chi connectivity index (χ4n) is 2.81. The molecule has 0 saturated carbocycles. The van der Waals surface area contributed by atoms with Gasteiger partial charge in [0.25, 0.3) is 5.91 Å². The van der Waals surface area contributed by atoms with Crippen LogP contribution < -0.4 is 5.32 Å². The Bertz CT molecular complexity index is 1060. The van der Waals surface area contributed by atoms with E-state index in [4.69, 9.17) is 9.47 Å². The first-order valence-corrected chi connectivity index (χ1v) is 11.2. The van der Waals surface area contributed by atoms with E-state index in [-0.39, 0.29) is 18.6 Å². The Labute approximate surface area is 192 Å². The van der Waals surface area contributed by atoms with Gasteiger partial charge in [-0.25, -0.2) is 4.79 Å². The summed E-state index contributed by atoms with van der Waals surface area (Å²) in [4.78, 5) is 36.9. The predicted octanol–water partition coefficient (Wildman–Crippen LogP) is 5.08. The second-order valence-corrected chi connectivity index (χ2v) is 8.25. The van der Waals surface area contributed by atoms with Crippen molar-refractivity contribution < 1.29 is 23.9 Å². The number of esters is 2. The number of thiophene rings is 1. The number of ether oxygens (including phenoxy) is 2. The van der Waals surface area contributed by atoms with Crippen LogP contribution in [0.3, 0.4) is 0 Å². The molecule has 0 saturated heterocycles. The SMILES string of the molecule is CCOC(=O)c1c(-c2ccccc2)csc1NC(=O)COC(=O)Cc1ccc(Br)cc1. The number of hydrogen-bond donors (Lipinski definition) is 1. The number of hydrogen-bond acceptors (Lipinski definition) is 6. The molecule has 8 heteroatoms. The Morgan fingerprint density at radius 3 is 2.39 bits per heavy atom. The van der Waals surface area contributed by atoms with Crippen molar-refractivity contribution in [3.8, 4) is 11.1 Å². The van der Waals surface area contributed by atoms with Gasteiger partial charge < -0.3 is 14.8 Å². The highest BCUT2D eigenvalue weighted by Crippen LogP contribution is 2.36. The second-order valence-electron chi connectivity index (χ2n) is 6.45. The highest BCUT2D eigenvalue weighted by molar-refractivity contribution is 9.10. The molecule has 0 fully saturated rings. The zero-order chi connectivity index (χ0) is 22.2. The molecule has 0 spiro atoms. The molecule has 3 aromatic rings. The summed E-state index contributed by atoms with van der Waals surface area (Å²) in [6, 6.07) is 16.6. The molecule has 0 aliphatic heterocycles. The summed E-state index contributed by atoms with van der Waals surface area (Å²) in [5, 5.41) is 4.80. The average molecular weight is 502 g/mol. The number of benzene rings is 2. The Kier molecular flexibility index (Phi) is 7.97. The molecule has 2 aromatic carbocycles. The van der Waals surface area contributed by atoms with Crippen LogP contribution in [0.1, 0.15) is 22.8 Å². The first kappa shape index (κ1) is 22.7. The lowest BCUT2D eigenvalue weighted by Gasteiger charge is -2.09. The molecule has 0 atom stereocenters. The Morgan fingerprint density at radius 2 is 1.71 bits per heavy atom. The fraction of sp³-hybridized carbons (Fsp3) is 0.174. The topological polar surface area (TPSA) is 81.7 Å². The molecule has 31 heavy (non-hydrogen) atoms. The highest BCUT2D eigenvalue weighted by Gasteiger charge is 2.23. The molecule has 1 amide bonds. The van der Waals surface area contributed by atoms with Crippen molar-refractivity contribution in [1.29, 1.82) is 0 Å². The zero-order valence-electron chi connectivity index (χ0n) is 16.7. The maximum atomic E-state index is 12.5. The van der Waals surface area contributed by atoms with Crippen molar-refractivity contribution in [1.82, 2.24) is 0 Å². The van der Waals surface area contributed by atoms with Gasteiger partial charge in [-0.3, -0.25) is 9.59 Å². The van der Waals surface area contributed by atoms with Crippen molar-refractivity contribution in [2.75, 3.05) is 18.5 Å². The number of amides is 1. The van der Waals surface area contributed by atoms with Crippen molar-refractivity contribution in [2.24, 2.45) is 0 Å². The average Bonchev–Trinajstić information content (AvgIpc) is 3.18. The van der Waals surface area contributed by atoms with Crippen LogP contribution >= 0.6 is 27.3 Å². The fourth-order valence-corrected chi connectivity index (χ4v) is 4.05. The van der Waals surface area contributed by atoms with Gasteiger partial charge in [-0.15, -0.1) is 11.3 Å². The van der Waals surface area contributed by atoms with Crippen LogP contribution in [0.5, 0.6) is 0 Å². The number of anilines is 1. The van der Waals surface area contributed by atoms with Gasteiger partial charge in [-0.05, 0) is 30.2 Å². The van der Waals surface area contributed by atoms with Gasteiger partial charge in [0.05, 0.1) is 13.0 Å². The number of carbonyl (C=O) groups is 3. The van der Waals surface area contributed by atoms with Gasteiger partial charge in [0, 0.05) is 15.4 Å². The maximum absolute atomic E-state index is 12.5. The van der Waals surface area contributed by atoms with E-state index in [9.17, 15) is 14.4 Å². The molecule has 3 rings (SSSR count). The lowest BCUT2D eigenvalue weighted by atomic mass is 10.0. The minimum absolute atomic E-state index is 0.0613. The lowest BCUT2D eigenvalue weighted by Crippen LogP contribution is -2.22. The zero-order valence-corrected chi connectivity index (χ0v) is 19.1. The van der Waals surface area contributed by atoms with Crippen LogP contribution in [-0.2, 0) is 25.5 Å². The smallest absolute Gasteiger partial charge is 0.341 e. The number of halogens is 1. The summed E-state index contributed by atoms with van der Waals surface area (Å²) >= 11 is 4.55. The quantitative estimate of drug-likeness (QED) is 0.435. The molecule has 6 nitrogen and oxygen atoms in total. The van der Waals surface area contributed by atoms with Crippen molar-refractivity contribution in [3.63, 3.8) is 0 Å². The highest BCUT2D eigenvalue weighted by atomic mass is 79.9. The molecular weight excluding hydrogens is 482 g/mol. The van der Waals surface area contributed by atoms with E-state index >= 15 is 0 Å². The normalized spacial score (nSPS) is 10.4. The van der Waals surface area contributed by atoms with Crippen LogP contribution in [-0.4, -0.2) is 31.1 Å². The first-order valence-electron chi connectivity index (χ1n) is 9.52. The summed E-state index contributed by atoms with van der Waals surface area (Å²) in [5.41, 5.74) is 2.58. The van der Waals surface area contributed by atoms with Crippen LogP contribution in [0.15, 0.2) is 64.5 Å². The lowest BCUT2D eigenvalue weighted by molar-refractivity contribution is -0.146. The Hall–Kier alpha value is -2.97. The summed E-state index contributed by atoms with van der Waals surface area (Å²) in [7, 11) is 0. The van der Waals surface area contributed by atoms with E-state index in [1.54, 1.807) is 24.4 Å². The monoisotopic (exact) mass is 501 g/mol. The molecule has 0 unspecified atom stereocenters. The van der Waals surface area contributed by atoms with E-state index in [0.29, 0.717) is 10.6 Å². The summed E-state index contributed by atoms with van der Waals surface area (Å²) in [6.07, 6.45) is 0.0613. The van der Waals surface area contributed by atoms with E-state index in [1.165, 1.54) is 11.3 Å². The van der Waals surface area contributed by atoms with Crippen LogP contribution in [0, 0.1) is 0 Å². The third-order valence-corrected chi connectivity index (χ3v) is 5.66. The second kappa shape index (κ2) is 10.9. The molecule has 160 valence electrons. The number of nitrogens with one attached hydrogen (secondary N) is 1. The molecular formula is C23H20BrNO5S. The molecule has 1 N–H and O–H groups in total.